The highest BCUT2D eigenvalue weighted by Gasteiger charge is 2.24. The Morgan fingerprint density at radius 3 is 2.50 bits per heavy atom. The van der Waals surface area contributed by atoms with E-state index in [4.69, 9.17) is 32.7 Å². The molecule has 0 fully saturated rings. The molecule has 1 atom stereocenters. The Balaban J connectivity index is 2.10. The van der Waals surface area contributed by atoms with Gasteiger partial charge in [0.15, 0.2) is 11.5 Å². The van der Waals surface area contributed by atoms with Crippen molar-refractivity contribution in [2.75, 3.05) is 13.7 Å². The van der Waals surface area contributed by atoms with Crippen LogP contribution in [-0.2, 0) is 4.79 Å². The molecule has 0 heterocycles. The van der Waals surface area contributed by atoms with Gasteiger partial charge >= 0.3 is 0 Å². The number of nitrogens with one attached hydrogen (secondary N) is 2. The minimum atomic E-state index is -0.802. The fourth-order valence-corrected chi connectivity index (χ4v) is 3.90. The summed E-state index contributed by atoms with van der Waals surface area (Å²) >= 11 is 14.0. The molecular weight excluding hydrogens is 568 g/mol. The second kappa shape index (κ2) is 12.3. The van der Waals surface area contributed by atoms with Crippen LogP contribution in [0.4, 0.5) is 0 Å². The SMILES string of the molecule is CCOc1cc(C=NNC(=O)C(NC(=O)c2ccc(Cl)c(Cl)c2)C(C)C)cc(I)c1OC. The zero-order chi connectivity index (χ0) is 23.8. The van der Waals surface area contributed by atoms with Gasteiger partial charge in [0, 0.05) is 5.56 Å². The van der Waals surface area contributed by atoms with Crippen molar-refractivity contribution in [3.63, 3.8) is 0 Å². The number of hydrogen-bond donors (Lipinski definition) is 2. The van der Waals surface area contributed by atoms with E-state index in [9.17, 15) is 9.59 Å². The van der Waals surface area contributed by atoms with Crippen molar-refractivity contribution < 1.29 is 19.1 Å². The second-order valence-electron chi connectivity index (χ2n) is 7.03. The summed E-state index contributed by atoms with van der Waals surface area (Å²) in [6.07, 6.45) is 1.50. The molecule has 0 radical (unpaired) electrons. The van der Waals surface area contributed by atoms with Crippen molar-refractivity contribution in [2.24, 2.45) is 11.0 Å². The van der Waals surface area contributed by atoms with Gasteiger partial charge in [0.1, 0.15) is 6.04 Å². The number of carbonyl (C=O) groups is 2. The lowest BCUT2D eigenvalue weighted by atomic mass is 10.0. The lowest BCUT2D eigenvalue weighted by Gasteiger charge is -2.20. The van der Waals surface area contributed by atoms with E-state index in [2.05, 4.69) is 38.4 Å². The lowest BCUT2D eigenvalue weighted by molar-refractivity contribution is -0.123. The molecule has 2 rings (SSSR count). The number of benzene rings is 2. The third-order valence-electron chi connectivity index (χ3n) is 4.34. The normalized spacial score (nSPS) is 12.0. The van der Waals surface area contributed by atoms with Gasteiger partial charge < -0.3 is 14.8 Å². The van der Waals surface area contributed by atoms with E-state index in [0.29, 0.717) is 28.7 Å². The van der Waals surface area contributed by atoms with Crippen molar-refractivity contribution in [1.29, 1.82) is 0 Å². The van der Waals surface area contributed by atoms with Crippen molar-refractivity contribution in [3.05, 3.63) is 55.1 Å². The van der Waals surface area contributed by atoms with Gasteiger partial charge in [-0.05, 0) is 71.3 Å². The number of nitrogens with zero attached hydrogens (tertiary/aromatic N) is 1. The highest BCUT2D eigenvalue weighted by atomic mass is 127. The first-order chi connectivity index (χ1) is 15.2. The zero-order valence-corrected chi connectivity index (χ0v) is 21.7. The van der Waals surface area contributed by atoms with Crippen LogP contribution in [0.3, 0.4) is 0 Å². The lowest BCUT2D eigenvalue weighted by Crippen LogP contribution is -2.48. The molecule has 0 aliphatic rings. The molecule has 7 nitrogen and oxygen atoms in total. The second-order valence-corrected chi connectivity index (χ2v) is 9.00. The molecule has 172 valence electrons. The molecule has 0 saturated carbocycles. The molecule has 2 aromatic rings. The number of carbonyl (C=O) groups excluding carboxylic acids is 2. The molecule has 2 amide bonds. The van der Waals surface area contributed by atoms with Crippen LogP contribution < -0.4 is 20.2 Å². The predicted octanol–water partition coefficient (Wildman–Crippen LogP) is 4.91. The van der Waals surface area contributed by atoms with Crippen LogP contribution in [0.5, 0.6) is 11.5 Å². The quantitative estimate of drug-likeness (QED) is 0.246. The fourth-order valence-electron chi connectivity index (χ4n) is 2.76. The Labute approximate surface area is 211 Å². The van der Waals surface area contributed by atoms with Crippen LogP contribution in [0.2, 0.25) is 10.0 Å². The van der Waals surface area contributed by atoms with Gasteiger partial charge in [0.2, 0.25) is 0 Å². The molecule has 2 aromatic carbocycles. The number of amides is 2. The molecule has 0 bridgehead atoms. The summed E-state index contributed by atoms with van der Waals surface area (Å²) in [6, 6.07) is 7.34. The molecule has 10 heteroatoms. The highest BCUT2D eigenvalue weighted by Crippen LogP contribution is 2.33. The molecule has 0 aliphatic carbocycles. The average Bonchev–Trinajstić information content (AvgIpc) is 2.73. The number of ether oxygens (including phenoxy) is 2. The number of rotatable bonds is 9. The maximum atomic E-state index is 12.7. The maximum Gasteiger partial charge on any atom is 0.262 e. The number of hydrazone groups is 1. The van der Waals surface area contributed by atoms with Crippen LogP contribution in [-0.4, -0.2) is 37.8 Å². The van der Waals surface area contributed by atoms with Crippen LogP contribution in [0.15, 0.2) is 35.4 Å². The van der Waals surface area contributed by atoms with Gasteiger partial charge in [-0.25, -0.2) is 5.43 Å². The molecule has 0 saturated heterocycles. The molecule has 32 heavy (non-hydrogen) atoms. The molecule has 0 spiro atoms. The molecule has 0 aliphatic heterocycles. The Bertz CT molecular complexity index is 1010. The van der Waals surface area contributed by atoms with E-state index in [1.807, 2.05) is 26.8 Å². The number of halogens is 3. The van der Waals surface area contributed by atoms with Crippen molar-refractivity contribution in [1.82, 2.24) is 10.7 Å². The summed E-state index contributed by atoms with van der Waals surface area (Å²) in [7, 11) is 1.58. The maximum absolute atomic E-state index is 12.7. The average molecular weight is 592 g/mol. The van der Waals surface area contributed by atoms with E-state index in [0.717, 1.165) is 9.13 Å². The van der Waals surface area contributed by atoms with Crippen molar-refractivity contribution in [2.45, 2.75) is 26.8 Å². The van der Waals surface area contributed by atoms with E-state index in [1.165, 1.54) is 24.4 Å². The third-order valence-corrected chi connectivity index (χ3v) is 5.88. The van der Waals surface area contributed by atoms with E-state index < -0.39 is 17.9 Å². The van der Waals surface area contributed by atoms with Crippen LogP contribution >= 0.6 is 45.8 Å². The van der Waals surface area contributed by atoms with Crippen LogP contribution in [0.25, 0.3) is 0 Å². The topological polar surface area (TPSA) is 89.0 Å². The summed E-state index contributed by atoms with van der Waals surface area (Å²) in [4.78, 5) is 25.2. The fraction of sp³-hybridized carbons (Fsp3) is 0.318. The van der Waals surface area contributed by atoms with E-state index in [1.54, 1.807) is 13.2 Å². The van der Waals surface area contributed by atoms with Gasteiger partial charge in [-0.15, -0.1) is 0 Å². The minimum absolute atomic E-state index is 0.177. The third kappa shape index (κ3) is 6.98. The van der Waals surface area contributed by atoms with E-state index >= 15 is 0 Å². The molecule has 0 aromatic heterocycles. The first kappa shape index (κ1) is 26.2. The van der Waals surface area contributed by atoms with Crippen molar-refractivity contribution in [3.8, 4) is 11.5 Å². The van der Waals surface area contributed by atoms with Gasteiger partial charge in [-0.2, -0.15) is 5.10 Å². The smallest absolute Gasteiger partial charge is 0.262 e. The van der Waals surface area contributed by atoms with E-state index in [-0.39, 0.29) is 10.9 Å². The highest BCUT2D eigenvalue weighted by molar-refractivity contribution is 14.1. The van der Waals surface area contributed by atoms with Crippen LogP contribution in [0.1, 0.15) is 36.7 Å². The Kier molecular flexibility index (Phi) is 10.0. The Hall–Kier alpha value is -2.04. The summed E-state index contributed by atoms with van der Waals surface area (Å²) in [6.45, 7) is 6.01. The summed E-state index contributed by atoms with van der Waals surface area (Å²) in [5, 5.41) is 7.35. The summed E-state index contributed by atoms with van der Waals surface area (Å²) in [5.74, 6) is 0.163. The molecule has 2 N–H and O–H groups in total. The largest absolute Gasteiger partial charge is 0.492 e. The Morgan fingerprint density at radius 1 is 1.19 bits per heavy atom. The number of hydrogen-bond acceptors (Lipinski definition) is 5. The summed E-state index contributed by atoms with van der Waals surface area (Å²) < 4.78 is 11.8. The first-order valence-electron chi connectivity index (χ1n) is 9.77. The molecular formula is C22H24Cl2IN3O4. The van der Waals surface area contributed by atoms with Gasteiger partial charge in [-0.1, -0.05) is 37.0 Å². The summed E-state index contributed by atoms with van der Waals surface area (Å²) in [5.41, 5.74) is 3.51. The standard InChI is InChI=1S/C22H24Cl2IN3O4/c1-5-32-18-9-13(8-17(25)20(18)31-4)11-26-28-22(30)19(12(2)3)27-21(29)14-6-7-15(23)16(24)10-14/h6-12,19H,5H2,1-4H3,(H,27,29)(H,28,30). The van der Waals surface area contributed by atoms with Gasteiger partial charge in [0.25, 0.3) is 11.8 Å². The first-order valence-corrected chi connectivity index (χ1v) is 11.6. The monoisotopic (exact) mass is 591 g/mol. The van der Waals surface area contributed by atoms with Gasteiger partial charge in [-0.3, -0.25) is 9.59 Å². The van der Waals surface area contributed by atoms with Gasteiger partial charge in [0.05, 0.1) is 33.5 Å². The van der Waals surface area contributed by atoms with Crippen molar-refractivity contribution >= 4 is 63.8 Å². The Morgan fingerprint density at radius 2 is 1.91 bits per heavy atom. The zero-order valence-electron chi connectivity index (χ0n) is 18.0. The minimum Gasteiger partial charge on any atom is -0.492 e. The molecule has 1 unspecified atom stereocenters. The van der Waals surface area contributed by atoms with Crippen LogP contribution in [0, 0.1) is 9.49 Å². The predicted molar refractivity (Wildman–Crippen MR) is 135 cm³/mol. The number of methoxy groups -OCH3 is 1.